The van der Waals surface area contributed by atoms with Crippen LogP contribution in [0.5, 0.6) is 0 Å². The van der Waals surface area contributed by atoms with Crippen molar-refractivity contribution in [3.05, 3.63) is 72.2 Å². The highest BCUT2D eigenvalue weighted by molar-refractivity contribution is 7.91. The number of sulfonamides is 1. The van der Waals surface area contributed by atoms with Gasteiger partial charge in [0.05, 0.1) is 16.6 Å². The minimum absolute atomic E-state index is 0.249. The van der Waals surface area contributed by atoms with E-state index < -0.39 is 10.0 Å². The molecule has 0 spiro atoms. The summed E-state index contributed by atoms with van der Waals surface area (Å²) < 4.78 is 41.4. The smallest absolute Gasteiger partial charge is 0.253 e. The monoisotopic (exact) mass is 388 g/mol. The van der Waals surface area contributed by atoms with Crippen LogP contribution in [0.4, 0.5) is 4.39 Å². The fraction of sp³-hybridized carbons (Fsp3) is 0.211. The van der Waals surface area contributed by atoms with Gasteiger partial charge in [-0.2, -0.15) is 4.31 Å². The van der Waals surface area contributed by atoms with E-state index in [-0.39, 0.29) is 11.9 Å². The molecule has 1 aliphatic rings. The number of aromatic nitrogens is 1. The van der Waals surface area contributed by atoms with E-state index in [4.69, 9.17) is 0 Å². The fourth-order valence-corrected chi connectivity index (χ4v) is 6.36. The Kier molecular flexibility index (Phi) is 4.60. The van der Waals surface area contributed by atoms with Crippen molar-refractivity contribution in [2.24, 2.45) is 0 Å². The first-order valence-corrected chi connectivity index (χ1v) is 10.6. The number of nitrogens with zero attached hydrogens (tertiary/aromatic N) is 2. The average molecular weight is 388 g/mol. The molecular formula is C19H17FN2O2S2. The number of thiophene rings is 1. The van der Waals surface area contributed by atoms with E-state index in [0.29, 0.717) is 10.8 Å². The molecule has 2 aromatic heterocycles. The van der Waals surface area contributed by atoms with E-state index in [1.807, 2.05) is 18.2 Å². The lowest BCUT2D eigenvalue weighted by atomic mass is 10.1. The van der Waals surface area contributed by atoms with Gasteiger partial charge in [-0.25, -0.2) is 12.8 Å². The molecule has 4 nitrogen and oxygen atoms in total. The van der Waals surface area contributed by atoms with Crippen LogP contribution in [0.2, 0.25) is 0 Å². The maximum absolute atomic E-state index is 13.2. The summed E-state index contributed by atoms with van der Waals surface area (Å²) >= 11 is 1.23. The van der Waals surface area contributed by atoms with Crippen LogP contribution >= 0.6 is 11.3 Å². The number of benzene rings is 1. The van der Waals surface area contributed by atoms with Gasteiger partial charge in [0.1, 0.15) is 10.0 Å². The Morgan fingerprint density at radius 2 is 1.88 bits per heavy atom. The largest absolute Gasteiger partial charge is 0.255 e. The summed E-state index contributed by atoms with van der Waals surface area (Å²) in [5.41, 5.74) is 1.59. The summed E-state index contributed by atoms with van der Waals surface area (Å²) in [4.78, 5) is 5.10. The molecule has 134 valence electrons. The first-order valence-electron chi connectivity index (χ1n) is 8.34. The minimum Gasteiger partial charge on any atom is -0.255 e. The van der Waals surface area contributed by atoms with Crippen molar-refractivity contribution in [2.45, 2.75) is 23.1 Å². The molecular weight excluding hydrogens is 371 g/mol. The summed E-state index contributed by atoms with van der Waals surface area (Å²) in [6.45, 7) is 0.473. The first-order chi connectivity index (χ1) is 12.6. The molecule has 0 aliphatic carbocycles. The van der Waals surface area contributed by atoms with Gasteiger partial charge in [-0.1, -0.05) is 18.2 Å². The van der Waals surface area contributed by atoms with Crippen molar-refractivity contribution in [2.75, 3.05) is 6.54 Å². The Morgan fingerprint density at radius 3 is 2.62 bits per heavy atom. The Bertz CT molecular complexity index is 1000. The molecule has 1 saturated heterocycles. The molecule has 26 heavy (non-hydrogen) atoms. The Morgan fingerprint density at radius 1 is 1.08 bits per heavy atom. The molecule has 1 fully saturated rings. The Labute approximate surface area is 156 Å². The zero-order valence-electron chi connectivity index (χ0n) is 13.9. The van der Waals surface area contributed by atoms with Gasteiger partial charge in [-0.15, -0.1) is 11.3 Å². The van der Waals surface area contributed by atoms with Gasteiger partial charge in [0, 0.05) is 12.7 Å². The average Bonchev–Trinajstić information content (AvgIpc) is 3.33. The van der Waals surface area contributed by atoms with Crippen molar-refractivity contribution >= 4 is 21.4 Å². The third kappa shape index (κ3) is 3.18. The third-order valence-electron chi connectivity index (χ3n) is 4.52. The highest BCUT2D eigenvalue weighted by Gasteiger charge is 2.37. The van der Waals surface area contributed by atoms with Gasteiger partial charge in [-0.05, 0) is 54.8 Å². The van der Waals surface area contributed by atoms with E-state index in [0.717, 1.165) is 29.0 Å². The second kappa shape index (κ2) is 6.90. The van der Waals surface area contributed by atoms with Crippen molar-refractivity contribution in [3.8, 4) is 10.6 Å². The van der Waals surface area contributed by atoms with Crippen LogP contribution in [0.15, 0.2) is 65.0 Å². The van der Waals surface area contributed by atoms with E-state index in [1.54, 1.807) is 30.5 Å². The molecule has 0 saturated carbocycles. The lowest BCUT2D eigenvalue weighted by Gasteiger charge is -2.23. The molecule has 1 unspecified atom stereocenters. The molecule has 3 heterocycles. The molecule has 1 aliphatic heterocycles. The molecule has 7 heteroatoms. The summed E-state index contributed by atoms with van der Waals surface area (Å²) in [5.74, 6) is -0.320. The molecule has 0 N–H and O–H groups in total. The van der Waals surface area contributed by atoms with Crippen LogP contribution in [0, 0.1) is 5.82 Å². The van der Waals surface area contributed by atoms with Gasteiger partial charge in [0.2, 0.25) is 0 Å². The first kappa shape index (κ1) is 17.3. The quantitative estimate of drug-likeness (QED) is 0.662. The lowest BCUT2D eigenvalue weighted by Crippen LogP contribution is -2.30. The molecule has 0 radical (unpaired) electrons. The van der Waals surface area contributed by atoms with Crippen molar-refractivity contribution in [1.29, 1.82) is 0 Å². The molecule has 1 aromatic carbocycles. The molecule has 3 aromatic rings. The molecule has 1 atom stereocenters. The van der Waals surface area contributed by atoms with Crippen LogP contribution in [-0.4, -0.2) is 24.3 Å². The lowest BCUT2D eigenvalue weighted by molar-refractivity contribution is 0.397. The highest BCUT2D eigenvalue weighted by Crippen LogP contribution is 2.39. The van der Waals surface area contributed by atoms with E-state index in [9.17, 15) is 12.8 Å². The topological polar surface area (TPSA) is 50.3 Å². The number of halogens is 1. The van der Waals surface area contributed by atoms with Crippen molar-refractivity contribution in [1.82, 2.24) is 9.29 Å². The van der Waals surface area contributed by atoms with E-state index in [2.05, 4.69) is 4.98 Å². The molecule has 0 amide bonds. The van der Waals surface area contributed by atoms with E-state index >= 15 is 0 Å². The second-order valence-electron chi connectivity index (χ2n) is 6.16. The standard InChI is InChI=1S/C19H17FN2O2S2/c20-15-8-6-14(7-9-15)17-5-3-13-22(17)26(23,24)19-11-10-18(25-19)16-4-1-2-12-21-16/h1-2,4,6-12,17H,3,5,13H2. The van der Waals surface area contributed by atoms with Crippen LogP contribution in [-0.2, 0) is 10.0 Å². The predicted octanol–water partition coefficient (Wildman–Crippen LogP) is 4.48. The fourth-order valence-electron chi connectivity index (χ4n) is 3.27. The SMILES string of the molecule is O=S(=O)(c1ccc(-c2ccccn2)s1)N1CCCC1c1ccc(F)cc1. The summed E-state index contributed by atoms with van der Waals surface area (Å²) in [7, 11) is -3.60. The maximum Gasteiger partial charge on any atom is 0.253 e. The molecule has 0 bridgehead atoms. The zero-order valence-corrected chi connectivity index (χ0v) is 15.5. The Balaban J connectivity index is 1.65. The molecule has 4 rings (SSSR count). The van der Waals surface area contributed by atoms with Crippen LogP contribution in [0.3, 0.4) is 0 Å². The second-order valence-corrected chi connectivity index (χ2v) is 9.36. The number of hydrogen-bond acceptors (Lipinski definition) is 4. The van der Waals surface area contributed by atoms with Gasteiger partial charge in [0.15, 0.2) is 0 Å². The minimum atomic E-state index is -3.60. The van der Waals surface area contributed by atoms with E-state index in [1.165, 1.54) is 27.8 Å². The van der Waals surface area contributed by atoms with Gasteiger partial charge >= 0.3 is 0 Å². The van der Waals surface area contributed by atoms with Crippen LogP contribution in [0.25, 0.3) is 10.6 Å². The number of hydrogen-bond donors (Lipinski definition) is 0. The summed E-state index contributed by atoms with van der Waals surface area (Å²) in [6, 6.07) is 14.8. The normalized spacial score (nSPS) is 18.3. The highest BCUT2D eigenvalue weighted by atomic mass is 32.2. The predicted molar refractivity (Wildman–Crippen MR) is 99.8 cm³/mol. The van der Waals surface area contributed by atoms with Gasteiger partial charge in [0.25, 0.3) is 10.0 Å². The van der Waals surface area contributed by atoms with Gasteiger partial charge in [-0.3, -0.25) is 4.98 Å². The maximum atomic E-state index is 13.2. The third-order valence-corrected chi connectivity index (χ3v) is 8.00. The number of rotatable bonds is 4. The van der Waals surface area contributed by atoms with Crippen molar-refractivity contribution < 1.29 is 12.8 Å². The summed E-state index contributed by atoms with van der Waals surface area (Å²) in [5, 5.41) is 0. The zero-order chi connectivity index (χ0) is 18.1. The Hall–Kier alpha value is -2.09. The van der Waals surface area contributed by atoms with Crippen LogP contribution in [0.1, 0.15) is 24.4 Å². The van der Waals surface area contributed by atoms with Crippen molar-refractivity contribution in [3.63, 3.8) is 0 Å². The van der Waals surface area contributed by atoms with Gasteiger partial charge < -0.3 is 0 Å². The van der Waals surface area contributed by atoms with Crippen LogP contribution < -0.4 is 0 Å². The number of pyridine rings is 1. The summed E-state index contributed by atoms with van der Waals surface area (Å²) in [6.07, 6.45) is 3.22.